The Morgan fingerprint density at radius 1 is 0.938 bits per heavy atom. The number of esters is 3. The van der Waals surface area contributed by atoms with Crippen LogP contribution in [0, 0.1) is 23.7 Å². The number of carbonyl (C=O) groups excluding carboxylic acids is 4. The van der Waals surface area contributed by atoms with Gasteiger partial charge < -0.3 is 14.2 Å². The van der Waals surface area contributed by atoms with Crippen molar-refractivity contribution in [2.75, 3.05) is 19.8 Å². The SMILES string of the molecule is C=C(C)C(=O)CCCOC(=O)C1=CC2C3C=C(C(=O)OCCOC(=O)C(=C)C)C(C3)C2C1. The maximum Gasteiger partial charge on any atom is 0.334 e. The molecule has 2 bridgehead atoms. The molecule has 0 aliphatic heterocycles. The number of ketones is 1. The smallest absolute Gasteiger partial charge is 0.334 e. The van der Waals surface area contributed by atoms with Gasteiger partial charge in [-0.05, 0) is 62.4 Å². The minimum atomic E-state index is -0.512. The van der Waals surface area contributed by atoms with E-state index in [4.69, 9.17) is 14.2 Å². The zero-order valence-corrected chi connectivity index (χ0v) is 18.7. The molecule has 0 radical (unpaired) electrons. The maximum atomic E-state index is 12.5. The first-order valence-corrected chi connectivity index (χ1v) is 11.0. The Morgan fingerprint density at radius 3 is 2.31 bits per heavy atom. The van der Waals surface area contributed by atoms with Gasteiger partial charge in [0.05, 0.1) is 6.61 Å². The number of hydrogen-bond acceptors (Lipinski definition) is 7. The standard InChI is InChI=1S/C25H30O7/c1-14(2)22(26)6-5-7-30-24(28)17-12-18-16-10-20(19(18)13-17)21(11-16)25(29)32-9-8-31-23(27)15(3)4/h11-12,16,18-20H,1,3,5-10,13H2,2,4H3. The summed E-state index contributed by atoms with van der Waals surface area (Å²) in [7, 11) is 0. The Balaban J connectivity index is 1.43. The predicted octanol–water partition coefficient (Wildman–Crippen LogP) is 3.26. The van der Waals surface area contributed by atoms with Crippen molar-refractivity contribution in [1.82, 2.24) is 0 Å². The lowest BCUT2D eigenvalue weighted by Gasteiger charge is -2.24. The van der Waals surface area contributed by atoms with Crippen LogP contribution in [0.15, 0.2) is 47.6 Å². The van der Waals surface area contributed by atoms with Crippen molar-refractivity contribution >= 4 is 23.7 Å². The van der Waals surface area contributed by atoms with Crippen LogP contribution in [0.25, 0.3) is 0 Å². The molecule has 0 spiro atoms. The van der Waals surface area contributed by atoms with Crippen molar-refractivity contribution < 1.29 is 33.4 Å². The highest BCUT2D eigenvalue weighted by Gasteiger charge is 2.52. The van der Waals surface area contributed by atoms with E-state index in [0.717, 1.165) is 6.42 Å². The molecule has 0 aromatic carbocycles. The van der Waals surface area contributed by atoms with Crippen LogP contribution in [0.1, 0.15) is 39.5 Å². The van der Waals surface area contributed by atoms with Gasteiger partial charge in [0.15, 0.2) is 5.78 Å². The number of fused-ring (bicyclic) bond motifs is 5. The second-order valence-corrected chi connectivity index (χ2v) is 8.76. The molecular weight excluding hydrogens is 412 g/mol. The molecule has 3 rings (SSSR count). The third kappa shape index (κ3) is 5.26. The number of ether oxygens (including phenoxy) is 3. The van der Waals surface area contributed by atoms with Crippen molar-refractivity contribution in [3.8, 4) is 0 Å². The van der Waals surface area contributed by atoms with Crippen LogP contribution < -0.4 is 0 Å². The first kappa shape index (κ1) is 23.7. The Kier molecular flexibility index (Phi) is 7.48. The number of allylic oxidation sites excluding steroid dienone is 3. The molecule has 172 valence electrons. The lowest BCUT2D eigenvalue weighted by Crippen LogP contribution is -2.24. The molecule has 32 heavy (non-hydrogen) atoms. The van der Waals surface area contributed by atoms with Gasteiger partial charge in [-0.3, -0.25) is 4.79 Å². The van der Waals surface area contributed by atoms with Crippen molar-refractivity contribution in [3.05, 3.63) is 47.6 Å². The molecule has 1 saturated carbocycles. The summed E-state index contributed by atoms with van der Waals surface area (Å²) in [6.45, 7) is 10.5. The van der Waals surface area contributed by atoms with Gasteiger partial charge in [0.25, 0.3) is 0 Å². The summed E-state index contributed by atoms with van der Waals surface area (Å²) in [4.78, 5) is 47.9. The summed E-state index contributed by atoms with van der Waals surface area (Å²) in [5, 5.41) is 0. The molecule has 3 aliphatic carbocycles. The average Bonchev–Trinajstić information content (AvgIpc) is 3.45. The molecule has 4 atom stereocenters. The summed E-state index contributed by atoms with van der Waals surface area (Å²) >= 11 is 0. The van der Waals surface area contributed by atoms with Crippen molar-refractivity contribution in [3.63, 3.8) is 0 Å². The Bertz CT molecular complexity index is 907. The van der Waals surface area contributed by atoms with Crippen LogP contribution in [-0.2, 0) is 33.4 Å². The van der Waals surface area contributed by atoms with Crippen LogP contribution in [0.5, 0.6) is 0 Å². The Labute approximate surface area is 188 Å². The van der Waals surface area contributed by atoms with Crippen molar-refractivity contribution in [2.24, 2.45) is 23.7 Å². The van der Waals surface area contributed by atoms with E-state index in [-0.39, 0.29) is 61.2 Å². The van der Waals surface area contributed by atoms with Crippen molar-refractivity contribution in [1.29, 1.82) is 0 Å². The molecule has 0 heterocycles. The van der Waals surface area contributed by atoms with E-state index in [2.05, 4.69) is 13.2 Å². The molecule has 0 saturated heterocycles. The molecular formula is C25H30O7. The average molecular weight is 443 g/mol. The van der Waals surface area contributed by atoms with E-state index in [0.29, 0.717) is 41.6 Å². The zero-order chi connectivity index (χ0) is 23.4. The maximum absolute atomic E-state index is 12.5. The summed E-state index contributed by atoms with van der Waals surface area (Å²) in [5.74, 6) is -0.557. The third-order valence-electron chi connectivity index (χ3n) is 6.33. The van der Waals surface area contributed by atoms with Crippen LogP contribution in [0.2, 0.25) is 0 Å². The summed E-state index contributed by atoms with van der Waals surface area (Å²) in [6.07, 6.45) is 6.21. The van der Waals surface area contributed by atoms with E-state index in [1.165, 1.54) is 0 Å². The van der Waals surface area contributed by atoms with E-state index < -0.39 is 5.97 Å². The molecule has 4 unspecified atom stereocenters. The van der Waals surface area contributed by atoms with Gasteiger partial charge >= 0.3 is 17.9 Å². The van der Waals surface area contributed by atoms with Gasteiger partial charge in [-0.15, -0.1) is 0 Å². The second-order valence-electron chi connectivity index (χ2n) is 8.76. The molecule has 0 amide bonds. The minimum Gasteiger partial charge on any atom is -0.462 e. The van der Waals surface area contributed by atoms with E-state index in [1.807, 2.05) is 12.2 Å². The molecule has 0 aromatic rings. The minimum absolute atomic E-state index is 0.00954. The predicted molar refractivity (Wildman–Crippen MR) is 116 cm³/mol. The first-order chi connectivity index (χ1) is 15.2. The summed E-state index contributed by atoms with van der Waals surface area (Å²) < 4.78 is 15.6. The Hall–Kier alpha value is -2.96. The fraction of sp³-hybridized carbons (Fsp3) is 0.520. The number of carbonyl (C=O) groups is 4. The summed E-state index contributed by atoms with van der Waals surface area (Å²) in [5.41, 5.74) is 2.11. The van der Waals surface area contributed by atoms with E-state index in [1.54, 1.807) is 13.8 Å². The highest BCUT2D eigenvalue weighted by Crippen LogP contribution is 2.57. The molecule has 7 nitrogen and oxygen atoms in total. The molecule has 0 aromatic heterocycles. The van der Waals surface area contributed by atoms with Crippen LogP contribution in [0.3, 0.4) is 0 Å². The van der Waals surface area contributed by atoms with Gasteiger partial charge in [0.2, 0.25) is 0 Å². The van der Waals surface area contributed by atoms with Gasteiger partial charge in [-0.2, -0.15) is 0 Å². The topological polar surface area (TPSA) is 96.0 Å². The quantitative estimate of drug-likeness (QED) is 0.210. The van der Waals surface area contributed by atoms with Gasteiger partial charge in [-0.1, -0.05) is 25.3 Å². The second kappa shape index (κ2) is 10.1. The molecule has 1 fully saturated rings. The monoisotopic (exact) mass is 442 g/mol. The van der Waals surface area contributed by atoms with E-state index >= 15 is 0 Å². The van der Waals surface area contributed by atoms with Gasteiger partial charge in [0, 0.05) is 23.1 Å². The lowest BCUT2D eigenvalue weighted by atomic mass is 9.81. The van der Waals surface area contributed by atoms with Gasteiger partial charge in [0.1, 0.15) is 13.2 Å². The lowest BCUT2D eigenvalue weighted by molar-refractivity contribution is -0.147. The molecule has 0 N–H and O–H groups in total. The Morgan fingerprint density at radius 2 is 1.62 bits per heavy atom. The van der Waals surface area contributed by atoms with Crippen molar-refractivity contribution in [2.45, 2.75) is 39.5 Å². The summed E-state index contributed by atoms with van der Waals surface area (Å²) in [6, 6.07) is 0. The van der Waals surface area contributed by atoms with Crippen LogP contribution in [0.4, 0.5) is 0 Å². The molecule has 7 heteroatoms. The first-order valence-electron chi connectivity index (χ1n) is 11.0. The number of rotatable bonds is 11. The van der Waals surface area contributed by atoms with Crippen LogP contribution >= 0.6 is 0 Å². The number of hydrogen-bond donors (Lipinski definition) is 0. The zero-order valence-electron chi connectivity index (χ0n) is 18.7. The fourth-order valence-electron chi connectivity index (χ4n) is 4.73. The highest BCUT2D eigenvalue weighted by molar-refractivity contribution is 5.94. The largest absolute Gasteiger partial charge is 0.462 e. The fourth-order valence-corrected chi connectivity index (χ4v) is 4.73. The van der Waals surface area contributed by atoms with E-state index in [9.17, 15) is 19.2 Å². The van der Waals surface area contributed by atoms with Crippen LogP contribution in [-0.4, -0.2) is 43.5 Å². The normalized spacial score (nSPS) is 24.8. The number of Topliss-reactive ketones (excluding diaryl/α,β-unsaturated/α-hetero) is 1. The molecule has 3 aliphatic rings. The third-order valence-corrected chi connectivity index (χ3v) is 6.33. The highest BCUT2D eigenvalue weighted by atomic mass is 16.6. The van der Waals surface area contributed by atoms with Gasteiger partial charge in [-0.25, -0.2) is 14.4 Å².